The highest BCUT2D eigenvalue weighted by Crippen LogP contribution is 2.05. The van der Waals surface area contributed by atoms with Gasteiger partial charge >= 0.3 is 5.97 Å². The van der Waals surface area contributed by atoms with Crippen LogP contribution in [-0.4, -0.2) is 35.1 Å². The molecule has 86 valence electrons. The van der Waals surface area contributed by atoms with Crippen molar-refractivity contribution in [3.8, 4) is 0 Å². The van der Waals surface area contributed by atoms with Crippen molar-refractivity contribution in [2.75, 3.05) is 18.4 Å². The van der Waals surface area contributed by atoms with E-state index in [9.17, 15) is 9.59 Å². The van der Waals surface area contributed by atoms with Gasteiger partial charge in [-0.05, 0) is 19.1 Å². The van der Waals surface area contributed by atoms with Gasteiger partial charge in [0.1, 0.15) is 6.54 Å². The van der Waals surface area contributed by atoms with Gasteiger partial charge in [-0.25, -0.2) is 0 Å². The van der Waals surface area contributed by atoms with Crippen LogP contribution in [0.5, 0.6) is 0 Å². The molecule has 0 spiro atoms. The number of pyridine rings is 1. The van der Waals surface area contributed by atoms with Crippen molar-refractivity contribution in [1.29, 1.82) is 0 Å². The number of carbonyl (C=O) groups is 2. The minimum absolute atomic E-state index is 0.0384. The maximum Gasteiger partial charge on any atom is 0.322 e. The average molecular weight is 223 g/mol. The van der Waals surface area contributed by atoms with E-state index in [0.717, 1.165) is 11.4 Å². The Labute approximate surface area is 92.7 Å². The Morgan fingerprint density at radius 1 is 1.44 bits per heavy atom. The Hall–Kier alpha value is -2.11. The maximum absolute atomic E-state index is 11.2. The molecule has 0 aromatic carbocycles. The molecule has 6 heteroatoms. The summed E-state index contributed by atoms with van der Waals surface area (Å²) in [6, 6.07) is 3.53. The van der Waals surface area contributed by atoms with E-state index in [0.29, 0.717) is 0 Å². The molecular weight excluding hydrogens is 210 g/mol. The van der Waals surface area contributed by atoms with Crippen LogP contribution in [0.3, 0.4) is 0 Å². The van der Waals surface area contributed by atoms with Gasteiger partial charge in [-0.15, -0.1) is 0 Å². The minimum atomic E-state index is -1.06. The highest BCUT2D eigenvalue weighted by atomic mass is 16.4. The highest BCUT2D eigenvalue weighted by Gasteiger charge is 2.03. The summed E-state index contributed by atoms with van der Waals surface area (Å²) in [6.07, 6.45) is 1.63. The number of carbonyl (C=O) groups excluding carboxylic acids is 1. The summed E-state index contributed by atoms with van der Waals surface area (Å²) < 4.78 is 0. The van der Waals surface area contributed by atoms with Crippen molar-refractivity contribution >= 4 is 17.6 Å². The van der Waals surface area contributed by atoms with Crippen molar-refractivity contribution in [2.24, 2.45) is 0 Å². The van der Waals surface area contributed by atoms with Gasteiger partial charge in [-0.1, -0.05) is 0 Å². The third kappa shape index (κ3) is 4.41. The summed E-state index contributed by atoms with van der Waals surface area (Å²) >= 11 is 0. The van der Waals surface area contributed by atoms with Crippen LogP contribution in [0, 0.1) is 6.92 Å². The molecule has 1 aromatic rings. The normalized spacial score (nSPS) is 9.56. The van der Waals surface area contributed by atoms with Crippen LogP contribution in [0.25, 0.3) is 0 Å². The van der Waals surface area contributed by atoms with E-state index < -0.39 is 5.97 Å². The van der Waals surface area contributed by atoms with Crippen LogP contribution >= 0.6 is 0 Å². The molecule has 1 aromatic heterocycles. The number of hydrogen-bond donors (Lipinski definition) is 3. The molecule has 0 saturated carbocycles. The van der Waals surface area contributed by atoms with Crippen LogP contribution in [0.4, 0.5) is 5.69 Å². The molecule has 1 rings (SSSR count). The maximum atomic E-state index is 11.2. The molecular formula is C10H13N3O3. The molecule has 0 unspecified atom stereocenters. The molecule has 0 radical (unpaired) electrons. The number of hydrogen-bond acceptors (Lipinski definition) is 4. The fourth-order valence-corrected chi connectivity index (χ4v) is 1.07. The van der Waals surface area contributed by atoms with Gasteiger partial charge in [0.25, 0.3) is 0 Å². The number of rotatable bonds is 5. The van der Waals surface area contributed by atoms with Crippen molar-refractivity contribution in [1.82, 2.24) is 10.3 Å². The lowest BCUT2D eigenvalue weighted by Crippen LogP contribution is -2.33. The summed E-state index contributed by atoms with van der Waals surface area (Å²) in [5.74, 6) is -1.43. The third-order valence-corrected chi connectivity index (χ3v) is 1.79. The second-order valence-corrected chi connectivity index (χ2v) is 3.21. The Kier molecular flexibility index (Phi) is 4.26. The second-order valence-electron chi connectivity index (χ2n) is 3.21. The lowest BCUT2D eigenvalue weighted by atomic mass is 10.3. The topological polar surface area (TPSA) is 91.3 Å². The zero-order chi connectivity index (χ0) is 12.0. The summed E-state index contributed by atoms with van der Waals surface area (Å²) in [7, 11) is 0. The first-order chi connectivity index (χ1) is 7.58. The third-order valence-electron chi connectivity index (χ3n) is 1.79. The molecule has 3 N–H and O–H groups in total. The second kappa shape index (κ2) is 5.69. The summed E-state index contributed by atoms with van der Waals surface area (Å²) in [4.78, 5) is 25.3. The van der Waals surface area contributed by atoms with Gasteiger partial charge < -0.3 is 15.7 Å². The van der Waals surface area contributed by atoms with Crippen LogP contribution in [0.1, 0.15) is 5.69 Å². The molecule has 0 aliphatic carbocycles. The van der Waals surface area contributed by atoms with Crippen molar-refractivity contribution in [3.63, 3.8) is 0 Å². The number of carboxylic acids is 1. The minimum Gasteiger partial charge on any atom is -0.480 e. The number of nitrogens with one attached hydrogen (secondary N) is 2. The highest BCUT2D eigenvalue weighted by molar-refractivity contribution is 5.84. The molecule has 1 amide bonds. The monoisotopic (exact) mass is 223 g/mol. The first kappa shape index (κ1) is 12.0. The molecule has 6 nitrogen and oxygen atoms in total. The molecule has 0 atom stereocenters. The predicted molar refractivity (Wildman–Crippen MR) is 58.1 cm³/mol. The van der Waals surface area contributed by atoms with E-state index in [1.807, 2.05) is 6.92 Å². The fourth-order valence-electron chi connectivity index (χ4n) is 1.07. The van der Waals surface area contributed by atoms with E-state index in [-0.39, 0.29) is 19.0 Å². The van der Waals surface area contributed by atoms with Crippen molar-refractivity contribution < 1.29 is 14.7 Å². The molecule has 0 aliphatic heterocycles. The van der Waals surface area contributed by atoms with Crippen molar-refractivity contribution in [3.05, 3.63) is 24.0 Å². The standard InChI is InChI=1S/C10H13N3O3/c1-7-4-8(2-3-11-7)12-5-9(14)13-6-10(15)16/h2-4H,5-6H2,1H3,(H,11,12)(H,13,14)(H,15,16). The number of aliphatic carboxylic acids is 1. The quantitative estimate of drug-likeness (QED) is 0.653. The molecule has 1 heterocycles. The zero-order valence-electron chi connectivity index (χ0n) is 8.86. The number of amides is 1. The predicted octanol–water partition coefficient (Wildman–Crippen LogP) is 0.00272. The lowest BCUT2D eigenvalue weighted by molar-refractivity contribution is -0.137. The Balaban J connectivity index is 2.34. The average Bonchev–Trinajstić information content (AvgIpc) is 2.23. The van der Waals surface area contributed by atoms with Gasteiger partial charge in [0.15, 0.2) is 0 Å². The van der Waals surface area contributed by atoms with E-state index >= 15 is 0 Å². The summed E-state index contributed by atoms with van der Waals surface area (Å²) in [6.45, 7) is 1.52. The molecule has 0 fully saturated rings. The van der Waals surface area contributed by atoms with Gasteiger partial charge in [-0.3, -0.25) is 14.6 Å². The largest absolute Gasteiger partial charge is 0.480 e. The molecule has 0 aliphatic rings. The van der Waals surface area contributed by atoms with Gasteiger partial charge in [0, 0.05) is 17.6 Å². The SMILES string of the molecule is Cc1cc(NCC(=O)NCC(=O)O)ccn1. The first-order valence-electron chi connectivity index (χ1n) is 4.73. The zero-order valence-corrected chi connectivity index (χ0v) is 8.86. The first-order valence-corrected chi connectivity index (χ1v) is 4.73. The lowest BCUT2D eigenvalue weighted by Gasteiger charge is -2.06. The van der Waals surface area contributed by atoms with Crippen LogP contribution < -0.4 is 10.6 Å². The molecule has 0 bridgehead atoms. The Morgan fingerprint density at radius 2 is 2.19 bits per heavy atom. The van der Waals surface area contributed by atoms with E-state index in [1.54, 1.807) is 18.3 Å². The molecule has 16 heavy (non-hydrogen) atoms. The molecule has 0 saturated heterocycles. The van der Waals surface area contributed by atoms with Gasteiger partial charge in [0.05, 0.1) is 6.54 Å². The van der Waals surface area contributed by atoms with E-state index in [2.05, 4.69) is 15.6 Å². The number of carboxylic acid groups (broad SMARTS) is 1. The number of aryl methyl sites for hydroxylation is 1. The van der Waals surface area contributed by atoms with Gasteiger partial charge in [-0.2, -0.15) is 0 Å². The fraction of sp³-hybridized carbons (Fsp3) is 0.300. The van der Waals surface area contributed by atoms with Crippen LogP contribution in [0.15, 0.2) is 18.3 Å². The Morgan fingerprint density at radius 3 is 2.81 bits per heavy atom. The Bertz CT molecular complexity index is 393. The van der Waals surface area contributed by atoms with Gasteiger partial charge in [0.2, 0.25) is 5.91 Å². The number of nitrogens with zero attached hydrogens (tertiary/aromatic N) is 1. The van der Waals surface area contributed by atoms with Crippen LogP contribution in [0.2, 0.25) is 0 Å². The van der Waals surface area contributed by atoms with E-state index in [1.165, 1.54) is 0 Å². The number of anilines is 1. The van der Waals surface area contributed by atoms with Crippen molar-refractivity contribution in [2.45, 2.75) is 6.92 Å². The summed E-state index contributed by atoms with van der Waals surface area (Å²) in [5.41, 5.74) is 1.62. The smallest absolute Gasteiger partial charge is 0.322 e. The van der Waals surface area contributed by atoms with Crippen LogP contribution in [-0.2, 0) is 9.59 Å². The summed E-state index contributed by atoms with van der Waals surface area (Å²) in [5, 5.41) is 13.5. The number of aromatic nitrogens is 1. The van der Waals surface area contributed by atoms with E-state index in [4.69, 9.17) is 5.11 Å².